The molecule has 1 aromatic heterocycles. The van der Waals surface area contributed by atoms with Crippen LogP contribution in [0.25, 0.3) is 0 Å². The molecule has 1 heterocycles. The molecule has 0 unspecified atom stereocenters. The van der Waals surface area contributed by atoms with Crippen LogP contribution in [0, 0.1) is 0 Å². The lowest BCUT2D eigenvalue weighted by Gasteiger charge is -2.13. The van der Waals surface area contributed by atoms with Crippen molar-refractivity contribution >= 4 is 61.3 Å². The molecule has 0 fully saturated rings. The molecule has 2 aromatic carbocycles. The normalized spacial score (nSPS) is 12.8. The second kappa shape index (κ2) is 10.5. The zero-order chi connectivity index (χ0) is 25.0. The molecule has 0 saturated heterocycles. The molecule has 8 nitrogen and oxygen atoms in total. The first-order valence-corrected chi connectivity index (χ1v) is 13.5. The van der Waals surface area contributed by atoms with Crippen molar-refractivity contribution in [2.24, 2.45) is 0 Å². The molecule has 0 spiro atoms. The molecule has 0 saturated carbocycles. The van der Waals surface area contributed by atoms with Crippen LogP contribution in [0.3, 0.4) is 0 Å². The lowest BCUT2D eigenvalue weighted by Crippen LogP contribution is -2.30. The Bertz CT molecular complexity index is 1370. The smallest absolute Gasteiger partial charge is 0.341 e. The number of amides is 1. The van der Waals surface area contributed by atoms with Crippen molar-refractivity contribution in [3.05, 3.63) is 76.2 Å². The van der Waals surface area contributed by atoms with Gasteiger partial charge in [-0.3, -0.25) is 4.79 Å². The lowest BCUT2D eigenvalue weighted by molar-refractivity contribution is 0.0600. The summed E-state index contributed by atoms with van der Waals surface area (Å²) in [6.45, 7) is 0. The fourth-order valence-electron chi connectivity index (χ4n) is 3.78. The number of nitrogens with one attached hydrogen (secondary N) is 3. The summed E-state index contributed by atoms with van der Waals surface area (Å²) in [4.78, 5) is 25.7. The van der Waals surface area contributed by atoms with E-state index in [1.807, 2.05) is 0 Å². The standard InChI is InChI=1S/C24H23N3O5S3/c1-32-23(29)20-18-9-5-6-10-19(18)34-22(20)26-24(33)25-16-11-13-17(14-12-16)35(30,31)27-21(28)15-7-3-2-4-8-15/h2-4,7-8,11-14H,5-6,9-10H2,1H3,(H,27,28)(H2,25,26,33). The molecule has 35 heavy (non-hydrogen) atoms. The van der Waals surface area contributed by atoms with Crippen molar-refractivity contribution in [2.45, 2.75) is 30.6 Å². The van der Waals surface area contributed by atoms with Gasteiger partial charge in [0.05, 0.1) is 17.6 Å². The maximum absolute atomic E-state index is 12.6. The number of fused-ring (bicyclic) bond motifs is 1. The minimum atomic E-state index is -4.05. The lowest BCUT2D eigenvalue weighted by atomic mass is 9.95. The van der Waals surface area contributed by atoms with Gasteiger partial charge in [0.1, 0.15) is 5.00 Å². The third-order valence-electron chi connectivity index (χ3n) is 5.47. The molecule has 1 amide bonds. The maximum atomic E-state index is 12.6. The fourth-order valence-corrected chi connectivity index (χ4v) is 6.32. The minimum Gasteiger partial charge on any atom is -0.465 e. The van der Waals surface area contributed by atoms with E-state index >= 15 is 0 Å². The number of methoxy groups -OCH3 is 1. The highest BCUT2D eigenvalue weighted by Crippen LogP contribution is 2.38. The van der Waals surface area contributed by atoms with Crippen molar-refractivity contribution in [2.75, 3.05) is 17.7 Å². The Labute approximate surface area is 212 Å². The SMILES string of the molecule is COC(=O)c1c(NC(=S)Nc2ccc(S(=O)(=O)NC(=O)c3ccccc3)cc2)sc2c1CCCC2. The molecule has 1 aliphatic rings. The summed E-state index contributed by atoms with van der Waals surface area (Å²) in [6.07, 6.45) is 3.85. The predicted octanol–water partition coefficient (Wildman–Crippen LogP) is 4.34. The number of benzene rings is 2. The highest BCUT2D eigenvalue weighted by atomic mass is 32.2. The van der Waals surface area contributed by atoms with Crippen LogP contribution < -0.4 is 15.4 Å². The number of thiophene rings is 1. The number of hydrogen-bond acceptors (Lipinski definition) is 7. The first-order chi connectivity index (χ1) is 16.8. The van der Waals surface area contributed by atoms with E-state index < -0.39 is 21.9 Å². The number of aryl methyl sites for hydroxylation is 1. The van der Waals surface area contributed by atoms with E-state index in [-0.39, 0.29) is 15.6 Å². The van der Waals surface area contributed by atoms with Crippen LogP contribution in [0.2, 0.25) is 0 Å². The number of rotatable bonds is 6. The van der Waals surface area contributed by atoms with Crippen LogP contribution in [0.4, 0.5) is 10.7 Å². The van der Waals surface area contributed by atoms with Gasteiger partial charge in [-0.15, -0.1) is 11.3 Å². The van der Waals surface area contributed by atoms with Gasteiger partial charge in [-0.1, -0.05) is 18.2 Å². The monoisotopic (exact) mass is 529 g/mol. The largest absolute Gasteiger partial charge is 0.465 e. The summed E-state index contributed by atoms with van der Waals surface area (Å²) in [5.41, 5.74) is 2.32. The Morgan fingerprint density at radius 2 is 1.66 bits per heavy atom. The highest BCUT2D eigenvalue weighted by molar-refractivity contribution is 7.90. The van der Waals surface area contributed by atoms with Gasteiger partial charge in [0, 0.05) is 16.1 Å². The summed E-state index contributed by atoms with van der Waals surface area (Å²) >= 11 is 6.91. The fraction of sp³-hybridized carbons (Fsp3) is 0.208. The van der Waals surface area contributed by atoms with E-state index in [2.05, 4.69) is 15.4 Å². The molecule has 3 N–H and O–H groups in total. The molecule has 1 aliphatic carbocycles. The number of anilines is 2. The van der Waals surface area contributed by atoms with E-state index in [0.717, 1.165) is 36.1 Å². The molecule has 0 radical (unpaired) electrons. The van der Waals surface area contributed by atoms with Crippen molar-refractivity contribution in [3.63, 3.8) is 0 Å². The second-order valence-corrected chi connectivity index (χ2v) is 11.0. The van der Waals surface area contributed by atoms with Gasteiger partial charge in [-0.05, 0) is 79.9 Å². The average molecular weight is 530 g/mol. The number of esters is 1. The van der Waals surface area contributed by atoms with Crippen LogP contribution in [-0.2, 0) is 27.6 Å². The van der Waals surface area contributed by atoms with Crippen LogP contribution in [0.1, 0.15) is 44.0 Å². The Morgan fingerprint density at radius 1 is 0.971 bits per heavy atom. The summed E-state index contributed by atoms with van der Waals surface area (Å²) in [5.74, 6) is -1.11. The molecule has 4 rings (SSSR count). The number of carbonyl (C=O) groups excluding carboxylic acids is 2. The highest BCUT2D eigenvalue weighted by Gasteiger charge is 2.26. The Kier molecular flexibility index (Phi) is 7.48. The Hall–Kier alpha value is -3.28. The molecule has 3 aromatic rings. The van der Waals surface area contributed by atoms with Crippen LogP contribution in [0.5, 0.6) is 0 Å². The van der Waals surface area contributed by atoms with E-state index in [9.17, 15) is 18.0 Å². The van der Waals surface area contributed by atoms with E-state index in [1.165, 1.54) is 54.8 Å². The number of hydrogen-bond donors (Lipinski definition) is 3. The summed E-state index contributed by atoms with van der Waals surface area (Å²) in [5, 5.41) is 6.96. The molecular formula is C24H23N3O5S3. The first kappa shape index (κ1) is 24.8. The van der Waals surface area contributed by atoms with Crippen molar-refractivity contribution < 1.29 is 22.7 Å². The number of carbonyl (C=O) groups is 2. The third kappa shape index (κ3) is 5.69. The quantitative estimate of drug-likeness (QED) is 0.319. The van der Waals surface area contributed by atoms with Crippen LogP contribution >= 0.6 is 23.6 Å². The number of ether oxygens (including phenoxy) is 1. The van der Waals surface area contributed by atoms with Gasteiger partial charge in [0.15, 0.2) is 5.11 Å². The molecule has 0 atom stereocenters. The minimum absolute atomic E-state index is 0.0647. The van der Waals surface area contributed by atoms with Gasteiger partial charge in [0.25, 0.3) is 15.9 Å². The first-order valence-electron chi connectivity index (χ1n) is 10.8. The number of thiocarbonyl (C=S) groups is 1. The van der Waals surface area contributed by atoms with Gasteiger partial charge < -0.3 is 15.4 Å². The van der Waals surface area contributed by atoms with Gasteiger partial charge in [-0.25, -0.2) is 17.9 Å². The topological polar surface area (TPSA) is 114 Å². The predicted molar refractivity (Wildman–Crippen MR) is 140 cm³/mol. The molecular weight excluding hydrogens is 506 g/mol. The molecule has 0 bridgehead atoms. The van der Waals surface area contributed by atoms with Crippen molar-refractivity contribution in [3.8, 4) is 0 Å². The zero-order valence-electron chi connectivity index (χ0n) is 18.8. The maximum Gasteiger partial charge on any atom is 0.341 e. The van der Waals surface area contributed by atoms with E-state index in [0.29, 0.717) is 16.3 Å². The van der Waals surface area contributed by atoms with Gasteiger partial charge >= 0.3 is 5.97 Å². The summed E-state index contributed by atoms with van der Waals surface area (Å²) in [7, 11) is -2.69. The third-order valence-corrected chi connectivity index (χ3v) is 8.23. The van der Waals surface area contributed by atoms with Crippen LogP contribution in [-0.4, -0.2) is 32.5 Å². The zero-order valence-corrected chi connectivity index (χ0v) is 21.2. The van der Waals surface area contributed by atoms with Crippen molar-refractivity contribution in [1.82, 2.24) is 4.72 Å². The summed E-state index contributed by atoms with van der Waals surface area (Å²) < 4.78 is 32.2. The van der Waals surface area contributed by atoms with Crippen molar-refractivity contribution in [1.29, 1.82) is 0 Å². The average Bonchev–Trinajstić information content (AvgIpc) is 3.21. The summed E-state index contributed by atoms with van der Waals surface area (Å²) in [6, 6.07) is 13.9. The Morgan fingerprint density at radius 3 is 2.34 bits per heavy atom. The number of sulfonamides is 1. The second-order valence-electron chi connectivity index (χ2n) is 7.81. The molecule has 0 aliphatic heterocycles. The van der Waals surface area contributed by atoms with E-state index in [1.54, 1.807) is 18.2 Å². The Balaban J connectivity index is 1.44. The molecule has 11 heteroatoms. The van der Waals surface area contributed by atoms with Crippen LogP contribution in [0.15, 0.2) is 59.5 Å². The van der Waals surface area contributed by atoms with Gasteiger partial charge in [0.2, 0.25) is 0 Å². The van der Waals surface area contributed by atoms with E-state index in [4.69, 9.17) is 17.0 Å². The van der Waals surface area contributed by atoms with Gasteiger partial charge in [-0.2, -0.15) is 0 Å². The molecule has 182 valence electrons.